The summed E-state index contributed by atoms with van der Waals surface area (Å²) in [5, 5.41) is 10.2. The fourth-order valence-corrected chi connectivity index (χ4v) is 2.81. The van der Waals surface area contributed by atoms with Crippen LogP contribution in [0.2, 0.25) is 10.0 Å². The predicted molar refractivity (Wildman–Crippen MR) is 83.0 cm³/mol. The predicted octanol–water partition coefficient (Wildman–Crippen LogP) is 4.26. The molecule has 0 aliphatic rings. The average Bonchev–Trinajstić information content (AvgIpc) is 2.36. The maximum absolute atomic E-state index is 11.2. The van der Waals surface area contributed by atoms with Crippen molar-refractivity contribution in [1.82, 2.24) is 9.97 Å². The summed E-state index contributed by atoms with van der Waals surface area (Å²) in [6, 6.07) is 5.08. The van der Waals surface area contributed by atoms with Gasteiger partial charge in [-0.05, 0) is 39.0 Å². The summed E-state index contributed by atoms with van der Waals surface area (Å²) >= 11 is 12.0. The highest BCUT2D eigenvalue weighted by Crippen LogP contribution is 2.28. The quantitative estimate of drug-likeness (QED) is 0.916. The van der Waals surface area contributed by atoms with Gasteiger partial charge in [-0.1, -0.05) is 23.2 Å². The van der Waals surface area contributed by atoms with Crippen LogP contribution < -0.4 is 0 Å². The molecule has 2 aromatic rings. The van der Waals surface area contributed by atoms with Crippen LogP contribution in [0.3, 0.4) is 0 Å². The van der Waals surface area contributed by atoms with Crippen LogP contribution in [0.25, 0.3) is 11.4 Å². The van der Waals surface area contributed by atoms with Crippen molar-refractivity contribution in [2.24, 2.45) is 0 Å². The van der Waals surface area contributed by atoms with Crippen LogP contribution in [-0.4, -0.2) is 21.0 Å². The summed E-state index contributed by atoms with van der Waals surface area (Å²) in [7, 11) is 0. The molecule has 1 aromatic heterocycles. The second-order valence-corrected chi connectivity index (χ2v) is 5.72. The van der Waals surface area contributed by atoms with Crippen molar-refractivity contribution in [1.29, 1.82) is 0 Å². The zero-order chi connectivity index (χ0) is 15.7. The number of halogens is 2. The molecule has 21 heavy (non-hydrogen) atoms. The Kier molecular flexibility index (Phi) is 4.49. The highest BCUT2D eigenvalue weighted by atomic mass is 35.5. The number of hydrogen-bond donors (Lipinski definition) is 1. The Labute approximate surface area is 132 Å². The number of nitrogens with zero attached hydrogens (tertiary/aromatic N) is 2. The van der Waals surface area contributed by atoms with Gasteiger partial charge in [0.1, 0.15) is 0 Å². The van der Waals surface area contributed by atoms with Crippen molar-refractivity contribution < 1.29 is 9.90 Å². The molecule has 1 unspecified atom stereocenters. The number of rotatable bonds is 3. The molecule has 110 valence electrons. The summed E-state index contributed by atoms with van der Waals surface area (Å²) < 4.78 is 0. The van der Waals surface area contributed by atoms with E-state index in [2.05, 4.69) is 9.97 Å². The van der Waals surface area contributed by atoms with Crippen LogP contribution in [0.1, 0.15) is 29.8 Å². The highest BCUT2D eigenvalue weighted by molar-refractivity contribution is 6.35. The van der Waals surface area contributed by atoms with Gasteiger partial charge in [-0.3, -0.25) is 4.79 Å². The van der Waals surface area contributed by atoms with Crippen molar-refractivity contribution in [3.05, 3.63) is 45.2 Å². The fraction of sp³-hybridized carbons (Fsp3) is 0.267. The van der Waals surface area contributed by atoms with Crippen LogP contribution in [0.4, 0.5) is 0 Å². The highest BCUT2D eigenvalue weighted by Gasteiger charge is 2.21. The molecule has 0 spiro atoms. The Morgan fingerprint density at radius 1 is 1.10 bits per heavy atom. The first-order valence-electron chi connectivity index (χ1n) is 6.34. The normalized spacial score (nSPS) is 12.2. The molecule has 0 saturated heterocycles. The molecule has 4 nitrogen and oxygen atoms in total. The van der Waals surface area contributed by atoms with Gasteiger partial charge < -0.3 is 5.11 Å². The zero-order valence-corrected chi connectivity index (χ0v) is 13.3. The van der Waals surface area contributed by atoms with Crippen molar-refractivity contribution in [3.8, 4) is 11.4 Å². The molecule has 0 saturated carbocycles. The van der Waals surface area contributed by atoms with Crippen LogP contribution in [0, 0.1) is 13.8 Å². The molecule has 1 atom stereocenters. The van der Waals surface area contributed by atoms with Gasteiger partial charge in [0.15, 0.2) is 5.82 Å². The first kappa shape index (κ1) is 15.7. The zero-order valence-electron chi connectivity index (χ0n) is 11.8. The van der Waals surface area contributed by atoms with Crippen molar-refractivity contribution >= 4 is 29.2 Å². The molecule has 1 aromatic carbocycles. The van der Waals surface area contributed by atoms with E-state index in [1.807, 2.05) is 0 Å². The van der Waals surface area contributed by atoms with E-state index in [-0.39, 0.29) is 0 Å². The van der Waals surface area contributed by atoms with E-state index in [4.69, 9.17) is 28.3 Å². The van der Waals surface area contributed by atoms with E-state index in [1.54, 1.807) is 39.0 Å². The minimum Gasteiger partial charge on any atom is -0.481 e. The van der Waals surface area contributed by atoms with Gasteiger partial charge in [-0.2, -0.15) is 0 Å². The maximum Gasteiger partial charge on any atom is 0.310 e. The van der Waals surface area contributed by atoms with E-state index >= 15 is 0 Å². The Hall–Kier alpha value is -1.65. The van der Waals surface area contributed by atoms with Gasteiger partial charge in [-0.25, -0.2) is 9.97 Å². The standard InChI is InChI=1S/C15H14Cl2N2O2/c1-7(15(20)21)13-8(2)18-14(19-9(13)3)10-4-11(16)6-12(17)5-10/h4-7H,1-3H3,(H,20,21). The van der Waals surface area contributed by atoms with Crippen molar-refractivity contribution in [3.63, 3.8) is 0 Å². The van der Waals surface area contributed by atoms with Gasteiger partial charge in [0, 0.05) is 32.6 Å². The lowest BCUT2D eigenvalue weighted by molar-refractivity contribution is -0.138. The number of carboxylic acid groups (broad SMARTS) is 1. The van der Waals surface area contributed by atoms with Crippen LogP contribution in [-0.2, 0) is 4.79 Å². The van der Waals surface area contributed by atoms with Gasteiger partial charge in [0.25, 0.3) is 0 Å². The molecule has 2 rings (SSSR count). The van der Waals surface area contributed by atoms with Crippen LogP contribution >= 0.6 is 23.2 Å². The molecule has 0 bridgehead atoms. The average molecular weight is 325 g/mol. The molecule has 0 radical (unpaired) electrons. The van der Waals surface area contributed by atoms with Gasteiger partial charge in [-0.15, -0.1) is 0 Å². The summed E-state index contributed by atoms with van der Waals surface area (Å²) in [4.78, 5) is 20.0. The summed E-state index contributed by atoms with van der Waals surface area (Å²) in [5.74, 6) is -1.07. The summed E-state index contributed by atoms with van der Waals surface area (Å²) in [6.45, 7) is 5.18. The van der Waals surface area contributed by atoms with Crippen molar-refractivity contribution in [2.45, 2.75) is 26.7 Å². The molecular weight excluding hydrogens is 311 g/mol. The number of aryl methyl sites for hydroxylation is 2. The number of carbonyl (C=O) groups is 1. The number of hydrogen-bond acceptors (Lipinski definition) is 3. The second kappa shape index (κ2) is 6.00. The lowest BCUT2D eigenvalue weighted by Crippen LogP contribution is -2.13. The Bertz CT molecular complexity index is 674. The van der Waals surface area contributed by atoms with E-state index in [1.165, 1.54) is 0 Å². The van der Waals surface area contributed by atoms with Crippen LogP contribution in [0.15, 0.2) is 18.2 Å². The summed E-state index contributed by atoms with van der Waals surface area (Å²) in [6.07, 6.45) is 0. The molecule has 1 heterocycles. The minimum atomic E-state index is -0.900. The van der Waals surface area contributed by atoms with Crippen molar-refractivity contribution in [2.75, 3.05) is 0 Å². The molecule has 1 N–H and O–H groups in total. The number of benzene rings is 1. The monoisotopic (exact) mass is 324 g/mol. The first-order chi connectivity index (χ1) is 9.79. The largest absolute Gasteiger partial charge is 0.481 e. The van der Waals surface area contributed by atoms with E-state index < -0.39 is 11.9 Å². The number of carboxylic acids is 1. The number of aliphatic carboxylic acids is 1. The molecule has 0 amide bonds. The van der Waals surface area contributed by atoms with Gasteiger partial charge in [0.05, 0.1) is 5.92 Å². The number of aromatic nitrogens is 2. The third-order valence-corrected chi connectivity index (χ3v) is 3.69. The second-order valence-electron chi connectivity index (χ2n) is 4.85. The van der Waals surface area contributed by atoms with E-state index in [0.29, 0.717) is 38.4 Å². The molecule has 6 heteroatoms. The molecule has 0 aliphatic heterocycles. The van der Waals surface area contributed by atoms with Crippen LogP contribution in [0.5, 0.6) is 0 Å². The van der Waals surface area contributed by atoms with E-state index in [9.17, 15) is 4.79 Å². The maximum atomic E-state index is 11.2. The SMILES string of the molecule is Cc1nc(-c2cc(Cl)cc(Cl)c2)nc(C)c1C(C)C(=O)O. The molecular formula is C15H14Cl2N2O2. The minimum absolute atomic E-state index is 0.482. The first-order valence-corrected chi connectivity index (χ1v) is 7.09. The van der Waals surface area contributed by atoms with E-state index in [0.717, 1.165) is 0 Å². The molecule has 0 aliphatic carbocycles. The third-order valence-electron chi connectivity index (χ3n) is 3.25. The summed E-state index contributed by atoms with van der Waals surface area (Å²) in [5.41, 5.74) is 2.62. The Balaban J connectivity index is 2.56. The lowest BCUT2D eigenvalue weighted by Gasteiger charge is -2.14. The Morgan fingerprint density at radius 2 is 1.57 bits per heavy atom. The Morgan fingerprint density at radius 3 is 2.00 bits per heavy atom. The van der Waals surface area contributed by atoms with Gasteiger partial charge in [0.2, 0.25) is 0 Å². The topological polar surface area (TPSA) is 63.1 Å². The third kappa shape index (κ3) is 3.34. The smallest absolute Gasteiger partial charge is 0.310 e. The lowest BCUT2D eigenvalue weighted by atomic mass is 9.98. The van der Waals surface area contributed by atoms with Gasteiger partial charge >= 0.3 is 5.97 Å². The fourth-order valence-electron chi connectivity index (χ4n) is 2.29. The molecule has 0 fully saturated rings.